The summed E-state index contributed by atoms with van der Waals surface area (Å²) in [6, 6.07) is 31.1. The molecule has 0 fully saturated rings. The predicted octanol–water partition coefficient (Wildman–Crippen LogP) is 6.37. The first kappa shape index (κ1) is 18.2. The molecule has 0 unspecified atom stereocenters. The topological polar surface area (TPSA) is 51.5 Å². The Morgan fingerprint density at radius 3 is 2.27 bits per heavy atom. The van der Waals surface area contributed by atoms with E-state index in [0.717, 1.165) is 45.3 Å². The maximum Gasteiger partial charge on any atom is 0.137 e. The van der Waals surface area contributed by atoms with E-state index in [1.807, 2.05) is 43.3 Å². The summed E-state index contributed by atoms with van der Waals surface area (Å²) in [5.41, 5.74) is 13.3. The van der Waals surface area contributed by atoms with Crippen LogP contribution in [0.15, 0.2) is 100 Å². The quantitative estimate of drug-likeness (QED) is 0.287. The molecule has 0 amide bonds. The highest BCUT2D eigenvalue weighted by Crippen LogP contribution is 2.40. The van der Waals surface area contributed by atoms with Crippen LogP contribution >= 0.6 is 0 Å². The van der Waals surface area contributed by atoms with Gasteiger partial charge in [-0.3, -0.25) is 4.99 Å². The van der Waals surface area contributed by atoms with Gasteiger partial charge in [0.25, 0.3) is 0 Å². The normalized spacial score (nSPS) is 12.0. The first-order valence-electron chi connectivity index (χ1n) is 10.2. The van der Waals surface area contributed by atoms with Crippen molar-refractivity contribution in [2.45, 2.75) is 6.92 Å². The fourth-order valence-corrected chi connectivity index (χ4v) is 3.95. The van der Waals surface area contributed by atoms with Crippen LogP contribution in [0.2, 0.25) is 0 Å². The van der Waals surface area contributed by atoms with E-state index in [2.05, 4.69) is 59.6 Å². The number of benzene rings is 4. The number of nitrogens with zero attached hydrogens (tertiary/aromatic N) is 1. The Hall–Kier alpha value is -3.85. The number of hydrogen-bond donors (Lipinski definition) is 1. The van der Waals surface area contributed by atoms with Gasteiger partial charge in [-0.1, -0.05) is 54.6 Å². The molecule has 0 atom stereocenters. The Morgan fingerprint density at radius 1 is 0.767 bits per heavy atom. The van der Waals surface area contributed by atoms with Gasteiger partial charge in [0.2, 0.25) is 0 Å². The summed E-state index contributed by atoms with van der Waals surface area (Å²) in [6.45, 7) is 2.77. The fourth-order valence-electron chi connectivity index (χ4n) is 3.95. The lowest BCUT2D eigenvalue weighted by Crippen LogP contribution is -2.03. The number of fused-ring (bicyclic) bond motifs is 2. The zero-order valence-corrected chi connectivity index (χ0v) is 16.8. The van der Waals surface area contributed by atoms with Crippen LogP contribution in [0, 0.1) is 0 Å². The fraction of sp³-hybridized carbons (Fsp3) is 0.0741. The van der Waals surface area contributed by atoms with Crippen molar-refractivity contribution >= 4 is 16.7 Å². The highest BCUT2D eigenvalue weighted by atomic mass is 16.3. The largest absolute Gasteiger partial charge is 0.456 e. The minimum atomic E-state index is 0.686. The molecule has 30 heavy (non-hydrogen) atoms. The van der Waals surface area contributed by atoms with Gasteiger partial charge in [-0.15, -0.1) is 0 Å². The molecular formula is C27H22N2O. The third kappa shape index (κ3) is 3.25. The molecule has 0 bridgehead atoms. The molecule has 146 valence electrons. The van der Waals surface area contributed by atoms with Crippen molar-refractivity contribution in [3.8, 4) is 33.6 Å². The van der Waals surface area contributed by atoms with Crippen LogP contribution in [0.4, 0.5) is 5.69 Å². The van der Waals surface area contributed by atoms with E-state index in [9.17, 15) is 0 Å². The summed E-state index contributed by atoms with van der Waals surface area (Å²) in [5.74, 6) is 0.810. The maximum absolute atomic E-state index is 6.23. The van der Waals surface area contributed by atoms with Gasteiger partial charge in [0, 0.05) is 40.9 Å². The zero-order chi connectivity index (χ0) is 20.5. The molecule has 1 aliphatic heterocycles. The van der Waals surface area contributed by atoms with Crippen LogP contribution < -0.4 is 11.1 Å². The Morgan fingerprint density at radius 2 is 1.50 bits per heavy atom. The van der Waals surface area contributed by atoms with Crippen molar-refractivity contribution in [3.05, 3.63) is 96.4 Å². The first-order valence-corrected chi connectivity index (χ1v) is 10.2. The van der Waals surface area contributed by atoms with Gasteiger partial charge in [0.05, 0.1) is 5.36 Å². The molecule has 0 radical (unpaired) electrons. The second-order valence-corrected chi connectivity index (χ2v) is 7.33. The van der Waals surface area contributed by atoms with Crippen LogP contribution in [0.5, 0.6) is 0 Å². The Bertz CT molecular complexity index is 1370. The van der Waals surface area contributed by atoms with Gasteiger partial charge in [-0.25, -0.2) is 0 Å². The second kappa shape index (κ2) is 7.53. The minimum Gasteiger partial charge on any atom is -0.456 e. The molecule has 1 aliphatic carbocycles. The van der Waals surface area contributed by atoms with Crippen molar-refractivity contribution in [2.75, 3.05) is 12.3 Å². The molecule has 3 heteroatoms. The summed E-state index contributed by atoms with van der Waals surface area (Å²) in [6.07, 6.45) is 0. The van der Waals surface area contributed by atoms with Crippen molar-refractivity contribution in [3.63, 3.8) is 0 Å². The number of anilines is 1. The zero-order valence-electron chi connectivity index (χ0n) is 16.8. The number of nitrogen functional groups attached to an aromatic ring is 1. The molecule has 0 saturated heterocycles. The standard InChI is InChI=1S/C27H22N2O/c1-2-29-22-13-15-24-26(17-22)30-25-16-21(28)12-14-23(25)27(24)20-10-8-19(9-11-20)18-6-4-3-5-7-18/h3-17H,2,28H2,1H3. The number of hydrogen-bond acceptors (Lipinski definition) is 3. The van der Waals surface area contributed by atoms with E-state index < -0.39 is 0 Å². The van der Waals surface area contributed by atoms with Gasteiger partial charge < -0.3 is 10.2 Å². The lowest BCUT2D eigenvalue weighted by molar-refractivity contribution is 0.619. The van der Waals surface area contributed by atoms with Gasteiger partial charge in [-0.05, 0) is 47.9 Å². The summed E-state index contributed by atoms with van der Waals surface area (Å²) in [5, 5.41) is 1.96. The summed E-state index contributed by atoms with van der Waals surface area (Å²) in [7, 11) is 0. The van der Waals surface area contributed by atoms with Gasteiger partial charge in [0.1, 0.15) is 11.3 Å². The van der Waals surface area contributed by atoms with E-state index in [1.165, 1.54) is 11.1 Å². The minimum absolute atomic E-state index is 0.686. The molecule has 0 saturated carbocycles. The van der Waals surface area contributed by atoms with Crippen molar-refractivity contribution in [1.29, 1.82) is 0 Å². The van der Waals surface area contributed by atoms with E-state index in [-0.39, 0.29) is 0 Å². The average Bonchev–Trinajstić information content (AvgIpc) is 2.78. The van der Waals surface area contributed by atoms with Gasteiger partial charge >= 0.3 is 0 Å². The van der Waals surface area contributed by atoms with Crippen molar-refractivity contribution < 1.29 is 4.42 Å². The Kier molecular flexibility index (Phi) is 4.56. The SMILES string of the molecule is CCN=c1ccc2c(-c3ccc(-c4ccccc4)cc3)c3ccc(N)cc3oc-2c1. The molecule has 5 rings (SSSR count). The van der Waals surface area contributed by atoms with Crippen molar-refractivity contribution in [1.82, 2.24) is 0 Å². The van der Waals surface area contributed by atoms with E-state index in [4.69, 9.17) is 10.2 Å². The average molecular weight is 390 g/mol. The molecular weight excluding hydrogens is 368 g/mol. The van der Waals surface area contributed by atoms with Crippen LogP contribution in [0.25, 0.3) is 44.5 Å². The van der Waals surface area contributed by atoms with Crippen LogP contribution in [0.3, 0.4) is 0 Å². The Balaban J connectivity index is 1.75. The molecule has 3 nitrogen and oxygen atoms in total. The summed E-state index contributed by atoms with van der Waals surface area (Å²) in [4.78, 5) is 4.52. The molecule has 3 aromatic rings. The smallest absolute Gasteiger partial charge is 0.137 e. The Labute approximate surface area is 175 Å². The third-order valence-electron chi connectivity index (χ3n) is 5.35. The first-order chi connectivity index (χ1) is 14.7. The van der Waals surface area contributed by atoms with Crippen molar-refractivity contribution in [2.24, 2.45) is 4.99 Å². The lowest BCUT2D eigenvalue weighted by Gasteiger charge is -2.16. The molecule has 2 N–H and O–H groups in total. The van der Waals surface area contributed by atoms with E-state index >= 15 is 0 Å². The molecule has 0 aromatic heterocycles. The molecule has 1 heterocycles. The monoisotopic (exact) mass is 390 g/mol. The van der Waals surface area contributed by atoms with E-state index in [1.54, 1.807) is 0 Å². The van der Waals surface area contributed by atoms with Crippen LogP contribution in [-0.4, -0.2) is 6.54 Å². The second-order valence-electron chi connectivity index (χ2n) is 7.33. The summed E-state index contributed by atoms with van der Waals surface area (Å²) < 4.78 is 6.23. The van der Waals surface area contributed by atoms with Gasteiger partial charge in [0.15, 0.2) is 0 Å². The number of nitrogens with two attached hydrogens (primary N) is 1. The van der Waals surface area contributed by atoms with Crippen LogP contribution in [-0.2, 0) is 0 Å². The van der Waals surface area contributed by atoms with Gasteiger partial charge in [-0.2, -0.15) is 0 Å². The predicted molar refractivity (Wildman–Crippen MR) is 124 cm³/mol. The van der Waals surface area contributed by atoms with Crippen LogP contribution in [0.1, 0.15) is 6.92 Å². The van der Waals surface area contributed by atoms with E-state index in [0.29, 0.717) is 5.69 Å². The summed E-state index contributed by atoms with van der Waals surface area (Å²) >= 11 is 0. The molecule has 0 spiro atoms. The lowest BCUT2D eigenvalue weighted by atomic mass is 9.92. The number of rotatable bonds is 3. The maximum atomic E-state index is 6.23. The third-order valence-corrected chi connectivity index (χ3v) is 5.35. The molecule has 3 aromatic carbocycles. The highest BCUT2D eigenvalue weighted by Gasteiger charge is 2.17. The highest BCUT2D eigenvalue weighted by molar-refractivity contribution is 6.02. The molecule has 2 aliphatic rings.